The minimum absolute atomic E-state index is 0.0480. The van der Waals surface area contributed by atoms with Crippen LogP contribution < -0.4 is 5.32 Å². The molecule has 1 amide bonds. The number of nitrogens with one attached hydrogen (secondary N) is 1. The zero-order valence-electron chi connectivity index (χ0n) is 13.1. The monoisotopic (exact) mass is 318 g/mol. The predicted molar refractivity (Wildman–Crippen MR) is 84.3 cm³/mol. The fourth-order valence-electron chi connectivity index (χ4n) is 1.84. The molecule has 8 heteroatoms. The number of ether oxygens (including phenoxy) is 1. The summed E-state index contributed by atoms with van der Waals surface area (Å²) < 4.78 is 6.65. The van der Waals surface area contributed by atoms with E-state index in [1.54, 1.807) is 45.0 Å². The van der Waals surface area contributed by atoms with Crippen LogP contribution in [-0.4, -0.2) is 26.4 Å². The van der Waals surface area contributed by atoms with Crippen molar-refractivity contribution in [2.24, 2.45) is 0 Å². The summed E-state index contributed by atoms with van der Waals surface area (Å²) in [6.07, 6.45) is 2.05. The van der Waals surface area contributed by atoms with Crippen molar-refractivity contribution in [1.29, 1.82) is 0 Å². The van der Waals surface area contributed by atoms with E-state index in [1.807, 2.05) is 0 Å². The molecule has 1 N–H and O–H groups in total. The van der Waals surface area contributed by atoms with Gasteiger partial charge < -0.3 is 4.74 Å². The minimum atomic E-state index is -0.557. The molecule has 2 aromatic rings. The average Bonchev–Trinajstić information content (AvgIpc) is 2.87. The Kier molecular flexibility index (Phi) is 4.63. The van der Waals surface area contributed by atoms with Gasteiger partial charge in [-0.1, -0.05) is 12.1 Å². The third-order valence-corrected chi connectivity index (χ3v) is 2.77. The van der Waals surface area contributed by atoms with E-state index in [0.29, 0.717) is 12.2 Å². The van der Waals surface area contributed by atoms with Gasteiger partial charge in [0.1, 0.15) is 18.0 Å². The number of nitro groups is 1. The smallest absolute Gasteiger partial charge is 0.412 e. The van der Waals surface area contributed by atoms with Crippen molar-refractivity contribution in [3.8, 4) is 0 Å². The maximum absolute atomic E-state index is 11.7. The first-order valence-electron chi connectivity index (χ1n) is 6.99. The van der Waals surface area contributed by atoms with Crippen LogP contribution >= 0.6 is 0 Å². The highest BCUT2D eigenvalue weighted by atomic mass is 16.6. The van der Waals surface area contributed by atoms with Gasteiger partial charge in [0.15, 0.2) is 0 Å². The van der Waals surface area contributed by atoms with E-state index in [9.17, 15) is 14.9 Å². The number of hydrogen-bond acceptors (Lipinski definition) is 5. The molecule has 0 saturated carbocycles. The molecule has 23 heavy (non-hydrogen) atoms. The molecule has 0 aliphatic rings. The first kappa shape index (κ1) is 16.5. The topological polar surface area (TPSA) is 99.3 Å². The van der Waals surface area contributed by atoms with E-state index in [2.05, 4.69) is 10.4 Å². The third-order valence-electron chi connectivity index (χ3n) is 2.77. The molecule has 0 spiro atoms. The Bertz CT molecular complexity index is 701. The number of rotatable bonds is 4. The number of anilines is 1. The minimum Gasteiger partial charge on any atom is -0.444 e. The van der Waals surface area contributed by atoms with Crippen LogP contribution in [0.3, 0.4) is 0 Å². The van der Waals surface area contributed by atoms with Gasteiger partial charge in [-0.15, -0.1) is 0 Å². The zero-order chi connectivity index (χ0) is 17.0. The molecule has 0 fully saturated rings. The zero-order valence-corrected chi connectivity index (χ0v) is 13.1. The Morgan fingerprint density at radius 1 is 1.35 bits per heavy atom. The third kappa shape index (κ3) is 5.10. The molecule has 2 rings (SSSR count). The van der Waals surface area contributed by atoms with Gasteiger partial charge in [0.05, 0.1) is 11.5 Å². The summed E-state index contributed by atoms with van der Waals surface area (Å²) in [7, 11) is 0. The van der Waals surface area contributed by atoms with Crippen molar-refractivity contribution in [3.63, 3.8) is 0 Å². The lowest BCUT2D eigenvalue weighted by atomic mass is 10.2. The van der Waals surface area contributed by atoms with Crippen LogP contribution in [0, 0.1) is 10.1 Å². The van der Waals surface area contributed by atoms with Gasteiger partial charge in [0.25, 0.3) is 0 Å². The first-order valence-corrected chi connectivity index (χ1v) is 6.99. The summed E-state index contributed by atoms with van der Waals surface area (Å²) in [5.41, 5.74) is 0.902. The van der Waals surface area contributed by atoms with Crippen LogP contribution in [0.5, 0.6) is 0 Å². The number of nitrogens with zero attached hydrogens (tertiary/aromatic N) is 3. The summed E-state index contributed by atoms with van der Waals surface area (Å²) in [6, 6.07) is 7.08. The van der Waals surface area contributed by atoms with Gasteiger partial charge >= 0.3 is 11.8 Å². The summed E-state index contributed by atoms with van der Waals surface area (Å²) in [6.45, 7) is 5.78. The maximum atomic E-state index is 11.7. The number of amides is 1. The lowest BCUT2D eigenvalue weighted by Crippen LogP contribution is -2.27. The van der Waals surface area contributed by atoms with E-state index in [4.69, 9.17) is 4.74 Å². The van der Waals surface area contributed by atoms with E-state index >= 15 is 0 Å². The van der Waals surface area contributed by atoms with Gasteiger partial charge in [-0.25, -0.2) is 4.79 Å². The van der Waals surface area contributed by atoms with Crippen molar-refractivity contribution in [2.45, 2.75) is 32.9 Å². The van der Waals surface area contributed by atoms with Gasteiger partial charge in [-0.2, -0.15) is 5.10 Å². The second kappa shape index (κ2) is 6.47. The molecule has 0 aliphatic carbocycles. The fourth-order valence-corrected chi connectivity index (χ4v) is 1.84. The molecular formula is C15H18N4O4. The lowest BCUT2D eigenvalue weighted by molar-refractivity contribution is -0.385. The van der Waals surface area contributed by atoms with Crippen LogP contribution in [-0.2, 0) is 11.3 Å². The SMILES string of the molecule is CC(C)(C)OC(=O)Nc1ccc(Cn2cc([N+](=O)[O-])cn2)cc1. The van der Waals surface area contributed by atoms with Gasteiger partial charge in [0, 0.05) is 5.69 Å². The number of hydrogen-bond donors (Lipinski definition) is 1. The number of benzene rings is 1. The Hall–Kier alpha value is -2.90. The van der Waals surface area contributed by atoms with Crippen molar-refractivity contribution < 1.29 is 14.5 Å². The van der Waals surface area contributed by atoms with Gasteiger partial charge in [0.2, 0.25) is 0 Å². The van der Waals surface area contributed by atoms with Gasteiger partial charge in [-0.3, -0.25) is 20.1 Å². The Morgan fingerprint density at radius 2 is 2.00 bits per heavy atom. The van der Waals surface area contributed by atoms with E-state index in [1.165, 1.54) is 17.1 Å². The highest BCUT2D eigenvalue weighted by Gasteiger charge is 2.16. The van der Waals surface area contributed by atoms with Crippen LogP contribution in [0.15, 0.2) is 36.7 Å². The molecule has 122 valence electrons. The molecule has 1 aromatic carbocycles. The molecule has 0 unspecified atom stereocenters. The Morgan fingerprint density at radius 3 is 2.52 bits per heavy atom. The predicted octanol–water partition coefficient (Wildman–Crippen LogP) is 3.19. The van der Waals surface area contributed by atoms with Crippen molar-refractivity contribution >= 4 is 17.5 Å². The molecule has 0 bridgehead atoms. The highest BCUT2D eigenvalue weighted by molar-refractivity contribution is 5.84. The average molecular weight is 318 g/mol. The van der Waals surface area contributed by atoms with Gasteiger partial charge in [-0.05, 0) is 38.5 Å². The second-order valence-corrected chi connectivity index (χ2v) is 5.98. The van der Waals surface area contributed by atoms with E-state index < -0.39 is 16.6 Å². The summed E-state index contributed by atoms with van der Waals surface area (Å²) in [5, 5.41) is 17.2. The van der Waals surface area contributed by atoms with Crippen LogP contribution in [0.4, 0.5) is 16.2 Å². The van der Waals surface area contributed by atoms with Crippen molar-refractivity contribution in [3.05, 3.63) is 52.3 Å². The summed E-state index contributed by atoms with van der Waals surface area (Å²) in [5.74, 6) is 0. The standard InChI is InChI=1S/C15H18N4O4/c1-15(2,3)23-14(20)17-12-6-4-11(5-7-12)9-18-10-13(8-16-18)19(21)22/h4-8,10H,9H2,1-3H3,(H,17,20). The van der Waals surface area contributed by atoms with Crippen LogP contribution in [0.2, 0.25) is 0 Å². The highest BCUT2D eigenvalue weighted by Crippen LogP contribution is 2.14. The Balaban J connectivity index is 1.96. The number of aromatic nitrogens is 2. The Labute approximate surface area is 133 Å². The molecule has 8 nitrogen and oxygen atoms in total. The number of carbonyl (C=O) groups is 1. The normalized spacial score (nSPS) is 11.1. The molecule has 1 aromatic heterocycles. The summed E-state index contributed by atoms with van der Waals surface area (Å²) >= 11 is 0. The summed E-state index contributed by atoms with van der Waals surface area (Å²) in [4.78, 5) is 21.8. The fraction of sp³-hybridized carbons (Fsp3) is 0.333. The molecule has 0 aliphatic heterocycles. The molecular weight excluding hydrogens is 300 g/mol. The molecule has 0 saturated heterocycles. The number of carbonyl (C=O) groups excluding carboxylic acids is 1. The largest absolute Gasteiger partial charge is 0.444 e. The lowest BCUT2D eigenvalue weighted by Gasteiger charge is -2.19. The van der Waals surface area contributed by atoms with E-state index in [-0.39, 0.29) is 5.69 Å². The van der Waals surface area contributed by atoms with Crippen LogP contribution in [0.25, 0.3) is 0 Å². The van der Waals surface area contributed by atoms with Crippen LogP contribution in [0.1, 0.15) is 26.3 Å². The first-order chi connectivity index (χ1) is 10.7. The molecule has 0 radical (unpaired) electrons. The second-order valence-electron chi connectivity index (χ2n) is 5.98. The quantitative estimate of drug-likeness (QED) is 0.689. The van der Waals surface area contributed by atoms with E-state index in [0.717, 1.165) is 5.56 Å². The maximum Gasteiger partial charge on any atom is 0.412 e. The van der Waals surface area contributed by atoms with Crippen molar-refractivity contribution in [1.82, 2.24) is 9.78 Å². The molecule has 1 heterocycles. The van der Waals surface area contributed by atoms with Crippen molar-refractivity contribution in [2.75, 3.05) is 5.32 Å². The molecule has 0 atom stereocenters.